The van der Waals surface area contributed by atoms with Crippen molar-refractivity contribution in [3.05, 3.63) is 86.7 Å². The van der Waals surface area contributed by atoms with Crippen molar-refractivity contribution in [1.82, 2.24) is 5.32 Å². The third-order valence-corrected chi connectivity index (χ3v) is 8.09. The average molecular weight is 676 g/mol. The summed E-state index contributed by atoms with van der Waals surface area (Å²) >= 11 is 6.53. The van der Waals surface area contributed by atoms with Crippen molar-refractivity contribution < 1.29 is 27.8 Å². The molecule has 0 spiro atoms. The van der Waals surface area contributed by atoms with Crippen LogP contribution in [-0.2, 0) is 16.0 Å². The Hall–Kier alpha value is -3.45. The van der Waals surface area contributed by atoms with Crippen LogP contribution in [0.3, 0.4) is 0 Å². The third kappa shape index (κ3) is 12.3. The minimum Gasteiger partial charge on any atom is -0.468 e. The highest BCUT2D eigenvalue weighted by Gasteiger charge is 2.23. The molecule has 2 unspecified atom stereocenters. The summed E-state index contributed by atoms with van der Waals surface area (Å²) in [6, 6.07) is 12.3. The average Bonchev–Trinajstić information content (AvgIpc) is 3.08. The van der Waals surface area contributed by atoms with Crippen molar-refractivity contribution >= 4 is 23.5 Å². The van der Waals surface area contributed by atoms with E-state index in [2.05, 4.69) is 63.7 Å². The van der Waals surface area contributed by atoms with Crippen LogP contribution in [0.1, 0.15) is 125 Å². The van der Waals surface area contributed by atoms with Gasteiger partial charge in [-0.25, -0.2) is 8.78 Å². The van der Waals surface area contributed by atoms with Crippen molar-refractivity contribution in [2.24, 2.45) is 0 Å². The van der Waals surface area contributed by atoms with Gasteiger partial charge in [-0.1, -0.05) is 98.2 Å². The number of alkyl halides is 1. The minimum absolute atomic E-state index is 0.139. The number of carbonyl (C=O) groups excluding carboxylic acids is 2. The molecule has 1 amide bonds. The van der Waals surface area contributed by atoms with Crippen molar-refractivity contribution in [3.63, 3.8) is 0 Å². The molecule has 2 atom stereocenters. The maximum Gasteiger partial charge on any atom is 0.325 e. The molecule has 0 aliphatic rings. The molecular formula is C39H56ClF2NO4. The van der Waals surface area contributed by atoms with Crippen LogP contribution >= 0.6 is 11.6 Å². The predicted molar refractivity (Wildman–Crippen MR) is 193 cm³/mol. The van der Waals surface area contributed by atoms with Gasteiger partial charge in [-0.2, -0.15) is 0 Å². The molecule has 0 fully saturated rings. The standard InChI is InChI=1S/C23H30ClF.C12H14FNO4.2C2H6/c1-7-14(4)21-16(6)10-11-19(22(21)15(5)8-2)23-17(9-3)12-18(25)13-20(23)24;1-8-4-3-5-9(18-7-13)11(8)12(16)14-6-10(15)17-2;2*1-2/h10-15H,7-9H2,1-6H3;3-5H,6-7H2,1-2H3,(H,14,16);2*1-2H3. The summed E-state index contributed by atoms with van der Waals surface area (Å²) in [5.41, 5.74) is 8.17. The van der Waals surface area contributed by atoms with Crippen LogP contribution in [0.2, 0.25) is 5.02 Å². The van der Waals surface area contributed by atoms with Gasteiger partial charge >= 0.3 is 5.97 Å². The first-order valence-electron chi connectivity index (χ1n) is 16.7. The van der Waals surface area contributed by atoms with E-state index in [0.717, 1.165) is 30.4 Å². The van der Waals surface area contributed by atoms with Crippen molar-refractivity contribution in [3.8, 4) is 16.9 Å². The van der Waals surface area contributed by atoms with Gasteiger partial charge in [-0.3, -0.25) is 9.59 Å². The molecule has 0 radical (unpaired) electrons. The van der Waals surface area contributed by atoms with Gasteiger partial charge < -0.3 is 14.8 Å². The van der Waals surface area contributed by atoms with E-state index >= 15 is 0 Å². The molecule has 3 rings (SSSR count). The number of benzene rings is 3. The molecule has 0 bridgehead atoms. The number of nitrogens with one attached hydrogen (secondary N) is 1. The smallest absolute Gasteiger partial charge is 0.325 e. The van der Waals surface area contributed by atoms with Gasteiger partial charge in [0.25, 0.3) is 5.91 Å². The first-order valence-corrected chi connectivity index (χ1v) is 17.1. The van der Waals surface area contributed by atoms with Crippen LogP contribution < -0.4 is 10.1 Å². The summed E-state index contributed by atoms with van der Waals surface area (Å²) in [4.78, 5) is 22.8. The van der Waals surface area contributed by atoms with E-state index in [-0.39, 0.29) is 23.7 Å². The van der Waals surface area contributed by atoms with Gasteiger partial charge in [0.15, 0.2) is 0 Å². The number of carbonyl (C=O) groups is 2. The number of esters is 1. The number of aryl methyl sites for hydroxylation is 3. The monoisotopic (exact) mass is 675 g/mol. The van der Waals surface area contributed by atoms with Gasteiger partial charge in [0.1, 0.15) is 18.1 Å². The fourth-order valence-electron chi connectivity index (χ4n) is 5.19. The van der Waals surface area contributed by atoms with Gasteiger partial charge in [-0.15, -0.1) is 0 Å². The molecule has 8 heteroatoms. The Balaban J connectivity index is 0.000000850. The molecule has 0 saturated heterocycles. The summed E-state index contributed by atoms with van der Waals surface area (Å²) in [5.74, 6) is -0.269. The van der Waals surface area contributed by atoms with Crippen molar-refractivity contribution in [1.29, 1.82) is 0 Å². The second-order valence-electron chi connectivity index (χ2n) is 10.6. The first kappa shape index (κ1) is 43.5. The fraction of sp³-hybridized carbons (Fsp3) is 0.487. The van der Waals surface area contributed by atoms with Crippen LogP contribution in [0.4, 0.5) is 8.78 Å². The molecule has 0 aliphatic heterocycles. The Labute approximate surface area is 287 Å². The molecule has 0 saturated carbocycles. The zero-order valence-corrected chi connectivity index (χ0v) is 31.3. The number of amides is 1. The van der Waals surface area contributed by atoms with E-state index in [1.165, 1.54) is 41.5 Å². The van der Waals surface area contributed by atoms with E-state index in [1.807, 2.05) is 27.7 Å². The lowest BCUT2D eigenvalue weighted by Gasteiger charge is -2.26. The van der Waals surface area contributed by atoms with E-state index in [4.69, 9.17) is 16.3 Å². The molecule has 0 aliphatic carbocycles. The number of methoxy groups -OCH3 is 1. The molecule has 3 aromatic carbocycles. The molecule has 0 heterocycles. The van der Waals surface area contributed by atoms with Gasteiger partial charge in [0, 0.05) is 5.56 Å². The summed E-state index contributed by atoms with van der Waals surface area (Å²) in [7, 11) is 1.22. The second-order valence-corrected chi connectivity index (χ2v) is 11.0. The summed E-state index contributed by atoms with van der Waals surface area (Å²) < 4.78 is 35.2. The maximum absolute atomic E-state index is 13.9. The van der Waals surface area contributed by atoms with Gasteiger partial charge in [0.2, 0.25) is 6.86 Å². The molecule has 0 aromatic heterocycles. The normalized spacial score (nSPS) is 11.3. The molecule has 1 N–H and O–H groups in total. The van der Waals surface area contributed by atoms with E-state index in [1.54, 1.807) is 25.1 Å². The highest BCUT2D eigenvalue weighted by Crippen LogP contribution is 2.43. The molecule has 47 heavy (non-hydrogen) atoms. The second kappa shape index (κ2) is 23.0. The highest BCUT2D eigenvalue weighted by molar-refractivity contribution is 6.33. The number of hydrogen-bond donors (Lipinski definition) is 1. The predicted octanol–water partition coefficient (Wildman–Crippen LogP) is 11.3. The third-order valence-electron chi connectivity index (χ3n) is 7.80. The quantitative estimate of drug-likeness (QED) is 0.205. The molecule has 262 valence electrons. The highest BCUT2D eigenvalue weighted by atomic mass is 35.5. The van der Waals surface area contributed by atoms with Crippen LogP contribution in [0, 0.1) is 19.7 Å². The van der Waals surface area contributed by atoms with Crippen LogP contribution in [0.25, 0.3) is 11.1 Å². The molecule has 3 aromatic rings. The van der Waals surface area contributed by atoms with E-state index in [0.29, 0.717) is 22.4 Å². The lowest BCUT2D eigenvalue weighted by atomic mass is 9.78. The van der Waals surface area contributed by atoms with Crippen molar-refractivity contribution in [2.75, 3.05) is 20.5 Å². The fourth-order valence-corrected chi connectivity index (χ4v) is 5.52. The zero-order chi connectivity index (χ0) is 36.3. The van der Waals surface area contributed by atoms with Crippen molar-refractivity contribution in [2.45, 2.75) is 107 Å². The van der Waals surface area contributed by atoms with Crippen LogP contribution in [0.5, 0.6) is 5.75 Å². The van der Waals surface area contributed by atoms with Crippen LogP contribution in [-0.4, -0.2) is 32.4 Å². The summed E-state index contributed by atoms with van der Waals surface area (Å²) in [5, 5.41) is 2.89. The zero-order valence-electron chi connectivity index (χ0n) is 30.5. The number of halogens is 3. The SMILES string of the molecule is CC.CC.CCc1cc(F)cc(Cl)c1-c1ccc(C)c(C(C)CC)c1C(C)CC.COC(=O)CNC(=O)c1c(C)cccc1OCF. The van der Waals surface area contributed by atoms with Crippen LogP contribution in [0.15, 0.2) is 42.5 Å². The molecule has 5 nitrogen and oxygen atoms in total. The number of rotatable bonds is 11. The van der Waals surface area contributed by atoms with Gasteiger partial charge in [-0.05, 0) is 96.5 Å². The Morgan fingerprint density at radius 3 is 2.02 bits per heavy atom. The number of hydrogen-bond acceptors (Lipinski definition) is 4. The largest absolute Gasteiger partial charge is 0.468 e. The summed E-state index contributed by atoms with van der Waals surface area (Å²) in [6.07, 6.45) is 2.94. The van der Waals surface area contributed by atoms with Gasteiger partial charge in [0.05, 0.1) is 17.7 Å². The molecular weight excluding hydrogens is 620 g/mol. The topological polar surface area (TPSA) is 64.6 Å². The Morgan fingerprint density at radius 1 is 0.894 bits per heavy atom. The van der Waals surface area contributed by atoms with E-state index < -0.39 is 18.7 Å². The van der Waals surface area contributed by atoms with E-state index in [9.17, 15) is 18.4 Å². The Bertz CT molecular complexity index is 1410. The minimum atomic E-state index is -1.03. The maximum atomic E-state index is 13.9. The summed E-state index contributed by atoms with van der Waals surface area (Å²) in [6.45, 7) is 21.7. The Kier molecular flexibility index (Phi) is 21.3. The Morgan fingerprint density at radius 2 is 1.49 bits per heavy atom. The number of ether oxygens (including phenoxy) is 2. The lowest BCUT2D eigenvalue weighted by molar-refractivity contribution is -0.139. The first-order chi connectivity index (χ1) is 22.4. The lowest BCUT2D eigenvalue weighted by Crippen LogP contribution is -2.30.